The number of anilines is 1. The van der Waals surface area contributed by atoms with E-state index in [1.807, 2.05) is 0 Å². The quantitative estimate of drug-likeness (QED) is 0.597. The zero-order valence-electron chi connectivity index (χ0n) is 10.1. The third-order valence-corrected chi connectivity index (χ3v) is 3.01. The first-order chi connectivity index (χ1) is 7.56. The molecule has 0 spiro atoms. The maximum atomic E-state index is 5.68. The maximum Gasteiger partial charge on any atom is 0.240 e. The predicted molar refractivity (Wildman–Crippen MR) is 64.9 cm³/mol. The van der Waals surface area contributed by atoms with E-state index in [4.69, 9.17) is 17.3 Å². The molecule has 6 heteroatoms. The lowest BCUT2D eigenvalue weighted by atomic mass is 9.88. The predicted octanol–water partition coefficient (Wildman–Crippen LogP) is 0.128. The van der Waals surface area contributed by atoms with Crippen LogP contribution in [0, 0.1) is 11.8 Å². The molecule has 0 aliphatic carbocycles. The van der Waals surface area contributed by atoms with Gasteiger partial charge < -0.3 is 17.3 Å². The van der Waals surface area contributed by atoms with Crippen molar-refractivity contribution < 1.29 is 0 Å². The highest BCUT2D eigenvalue weighted by atomic mass is 15.4. The number of aromatic nitrogens is 3. The van der Waals surface area contributed by atoms with Crippen LogP contribution in [-0.2, 0) is 6.42 Å². The Labute approximate surface area is 96.2 Å². The van der Waals surface area contributed by atoms with Crippen LogP contribution in [0.4, 0.5) is 5.95 Å². The molecule has 1 unspecified atom stereocenters. The summed E-state index contributed by atoms with van der Waals surface area (Å²) in [5, 5.41) is 7.66. The summed E-state index contributed by atoms with van der Waals surface area (Å²) in [4.78, 5) is 0. The van der Waals surface area contributed by atoms with Crippen molar-refractivity contribution in [1.82, 2.24) is 14.9 Å². The lowest BCUT2D eigenvalue weighted by Gasteiger charge is -2.19. The van der Waals surface area contributed by atoms with E-state index in [1.54, 1.807) is 0 Å². The summed E-state index contributed by atoms with van der Waals surface area (Å²) in [5.74, 6) is 7.90. The first kappa shape index (κ1) is 12.8. The summed E-state index contributed by atoms with van der Waals surface area (Å²) in [6.45, 7) is 5.14. The van der Waals surface area contributed by atoms with Gasteiger partial charge in [0.15, 0.2) is 5.82 Å². The molecule has 0 saturated carbocycles. The molecule has 1 aromatic heterocycles. The number of rotatable bonds is 6. The van der Waals surface area contributed by atoms with Crippen molar-refractivity contribution in [3.05, 3.63) is 5.82 Å². The Morgan fingerprint density at radius 1 is 1.25 bits per heavy atom. The number of hydrogen-bond donors (Lipinski definition) is 3. The smallest absolute Gasteiger partial charge is 0.240 e. The molecule has 1 atom stereocenters. The van der Waals surface area contributed by atoms with Gasteiger partial charge in [-0.1, -0.05) is 13.8 Å². The Balaban J connectivity index is 2.52. The largest absolute Gasteiger partial charge is 0.366 e. The monoisotopic (exact) mass is 226 g/mol. The number of aryl methyl sites for hydroxylation is 1. The lowest BCUT2D eigenvalue weighted by molar-refractivity contribution is 0.338. The van der Waals surface area contributed by atoms with Gasteiger partial charge in [0.2, 0.25) is 5.95 Å². The van der Waals surface area contributed by atoms with Gasteiger partial charge in [0.25, 0.3) is 0 Å². The Hall–Kier alpha value is -1.30. The first-order valence-electron chi connectivity index (χ1n) is 5.71. The Morgan fingerprint density at radius 2 is 1.94 bits per heavy atom. The van der Waals surface area contributed by atoms with E-state index in [1.165, 1.54) is 4.68 Å². The van der Waals surface area contributed by atoms with Crippen molar-refractivity contribution in [3.8, 4) is 0 Å². The second-order valence-electron chi connectivity index (χ2n) is 4.46. The molecule has 0 bridgehead atoms. The molecule has 1 rings (SSSR count). The van der Waals surface area contributed by atoms with Crippen LogP contribution >= 0.6 is 0 Å². The maximum absolute atomic E-state index is 5.68. The second-order valence-corrected chi connectivity index (χ2v) is 4.46. The molecule has 0 fully saturated rings. The number of nitrogen functional groups attached to an aromatic ring is 2. The molecule has 6 nitrogen and oxygen atoms in total. The fourth-order valence-electron chi connectivity index (χ4n) is 1.85. The highest BCUT2D eigenvalue weighted by Gasteiger charge is 2.14. The molecule has 0 radical (unpaired) electrons. The van der Waals surface area contributed by atoms with Crippen molar-refractivity contribution >= 4 is 5.95 Å². The van der Waals surface area contributed by atoms with Crippen molar-refractivity contribution in [2.24, 2.45) is 17.6 Å². The fourth-order valence-corrected chi connectivity index (χ4v) is 1.85. The Bertz CT molecular complexity index is 319. The fraction of sp³-hybridized carbons (Fsp3) is 0.800. The van der Waals surface area contributed by atoms with Crippen molar-refractivity contribution in [3.63, 3.8) is 0 Å². The molecule has 6 N–H and O–H groups in total. The standard InChI is InChI=1S/C10H22N6/c1-7(2)8(5-6-11)3-4-9-14-15-10(12)16(9)13/h7-8H,3-6,11,13H2,1-2H3,(H2,12,15). The molecule has 1 aromatic rings. The van der Waals surface area contributed by atoms with Gasteiger partial charge in [0.1, 0.15) is 0 Å². The molecule has 0 saturated heterocycles. The molecule has 0 aliphatic heterocycles. The van der Waals surface area contributed by atoms with Gasteiger partial charge in [0.05, 0.1) is 0 Å². The molecular formula is C10H22N6. The average Bonchev–Trinajstić information content (AvgIpc) is 2.55. The van der Waals surface area contributed by atoms with Crippen molar-refractivity contribution in [1.29, 1.82) is 0 Å². The van der Waals surface area contributed by atoms with Crippen molar-refractivity contribution in [2.75, 3.05) is 18.1 Å². The number of nitrogens with zero attached hydrogens (tertiary/aromatic N) is 3. The third kappa shape index (κ3) is 3.10. The van der Waals surface area contributed by atoms with Gasteiger partial charge in [-0.15, -0.1) is 10.2 Å². The van der Waals surface area contributed by atoms with Crippen LogP contribution in [-0.4, -0.2) is 21.4 Å². The topological polar surface area (TPSA) is 109 Å². The van der Waals surface area contributed by atoms with E-state index in [-0.39, 0.29) is 5.95 Å². The van der Waals surface area contributed by atoms with Gasteiger partial charge in [0, 0.05) is 6.42 Å². The molecule has 92 valence electrons. The number of hydrogen-bond acceptors (Lipinski definition) is 5. The van der Waals surface area contributed by atoms with Crippen LogP contribution in [0.3, 0.4) is 0 Å². The molecular weight excluding hydrogens is 204 g/mol. The third-order valence-electron chi connectivity index (χ3n) is 3.01. The molecule has 0 aliphatic rings. The Kier molecular flexibility index (Phi) is 4.54. The SMILES string of the molecule is CC(C)C(CCN)CCc1nnc(N)n1N. The lowest BCUT2D eigenvalue weighted by Crippen LogP contribution is -2.19. The minimum absolute atomic E-state index is 0.259. The first-order valence-corrected chi connectivity index (χ1v) is 5.71. The minimum atomic E-state index is 0.259. The van der Waals surface area contributed by atoms with E-state index in [0.29, 0.717) is 11.8 Å². The zero-order chi connectivity index (χ0) is 12.1. The second kappa shape index (κ2) is 5.69. The highest BCUT2D eigenvalue weighted by Crippen LogP contribution is 2.20. The molecule has 0 aromatic carbocycles. The molecule has 1 heterocycles. The van der Waals surface area contributed by atoms with E-state index in [0.717, 1.165) is 31.6 Å². The van der Waals surface area contributed by atoms with Crippen LogP contribution in [0.1, 0.15) is 32.5 Å². The molecule has 0 amide bonds. The Morgan fingerprint density at radius 3 is 2.38 bits per heavy atom. The zero-order valence-corrected chi connectivity index (χ0v) is 10.1. The van der Waals surface area contributed by atoms with Crippen LogP contribution in [0.25, 0.3) is 0 Å². The van der Waals surface area contributed by atoms with Crippen LogP contribution in [0.2, 0.25) is 0 Å². The van der Waals surface area contributed by atoms with Crippen LogP contribution in [0.5, 0.6) is 0 Å². The summed E-state index contributed by atoms with van der Waals surface area (Å²) < 4.78 is 1.35. The van der Waals surface area contributed by atoms with E-state index in [9.17, 15) is 0 Å². The van der Waals surface area contributed by atoms with E-state index < -0.39 is 0 Å². The summed E-state index contributed by atoms with van der Waals surface area (Å²) in [6.07, 6.45) is 2.85. The summed E-state index contributed by atoms with van der Waals surface area (Å²) in [7, 11) is 0. The number of nitrogens with two attached hydrogens (primary N) is 3. The minimum Gasteiger partial charge on any atom is -0.366 e. The van der Waals surface area contributed by atoms with Gasteiger partial charge >= 0.3 is 0 Å². The van der Waals surface area contributed by atoms with Gasteiger partial charge in [-0.05, 0) is 31.2 Å². The van der Waals surface area contributed by atoms with Crippen LogP contribution < -0.4 is 17.3 Å². The summed E-state index contributed by atoms with van der Waals surface area (Å²) in [6, 6.07) is 0. The van der Waals surface area contributed by atoms with E-state index >= 15 is 0 Å². The average molecular weight is 226 g/mol. The van der Waals surface area contributed by atoms with E-state index in [2.05, 4.69) is 24.0 Å². The summed E-state index contributed by atoms with van der Waals surface area (Å²) >= 11 is 0. The highest BCUT2D eigenvalue weighted by molar-refractivity contribution is 5.17. The van der Waals surface area contributed by atoms with Crippen molar-refractivity contribution in [2.45, 2.75) is 33.1 Å². The van der Waals surface area contributed by atoms with Gasteiger partial charge in [-0.25, -0.2) is 4.68 Å². The molecule has 16 heavy (non-hydrogen) atoms. The normalized spacial score (nSPS) is 13.2. The summed E-state index contributed by atoms with van der Waals surface area (Å²) in [5.41, 5.74) is 11.1. The van der Waals surface area contributed by atoms with Gasteiger partial charge in [-0.3, -0.25) is 0 Å². The van der Waals surface area contributed by atoms with Gasteiger partial charge in [-0.2, -0.15) is 0 Å². The van der Waals surface area contributed by atoms with Crippen LogP contribution in [0.15, 0.2) is 0 Å².